The summed E-state index contributed by atoms with van der Waals surface area (Å²) in [7, 11) is 0. The van der Waals surface area contributed by atoms with E-state index in [1.165, 1.54) is 11.1 Å². The van der Waals surface area contributed by atoms with Crippen molar-refractivity contribution in [1.82, 2.24) is 14.8 Å². The molecule has 3 aromatic carbocycles. The molecule has 2 aliphatic heterocycles. The highest BCUT2D eigenvalue weighted by atomic mass is 16.5. The number of rotatable bonds is 3. The third-order valence-corrected chi connectivity index (χ3v) is 6.41. The van der Waals surface area contributed by atoms with E-state index in [4.69, 9.17) is 4.74 Å². The molecule has 2 aliphatic rings. The van der Waals surface area contributed by atoms with Gasteiger partial charge in [-0.25, -0.2) is 4.68 Å². The van der Waals surface area contributed by atoms with Crippen LogP contribution in [0.4, 0.5) is 5.95 Å². The number of aromatic nitrogens is 3. The maximum atomic E-state index is 6.67. The average molecular weight is 421 g/mol. The minimum Gasteiger partial charge on any atom is -0.480 e. The summed E-state index contributed by atoms with van der Waals surface area (Å²) in [5.74, 6) is 1.62. The van der Waals surface area contributed by atoms with E-state index in [0.29, 0.717) is 0 Å². The normalized spacial score (nSPS) is 18.8. The molecule has 4 aromatic rings. The topological polar surface area (TPSA) is 52.0 Å². The zero-order chi connectivity index (χ0) is 21.7. The summed E-state index contributed by atoms with van der Waals surface area (Å²) in [6.07, 6.45) is 2.39. The number of hydrogen-bond donors (Lipinski definition) is 1. The molecule has 2 atom stereocenters. The molecule has 0 aliphatic carbocycles. The highest BCUT2D eigenvalue weighted by Gasteiger charge is 2.40. The number of ether oxygens (including phenoxy) is 1. The minimum atomic E-state index is -0.234. The van der Waals surface area contributed by atoms with E-state index >= 15 is 0 Å². The Morgan fingerprint density at radius 1 is 0.938 bits per heavy atom. The zero-order valence-corrected chi connectivity index (χ0v) is 18.1. The Kier molecular flexibility index (Phi) is 4.35. The van der Waals surface area contributed by atoms with E-state index in [1.807, 2.05) is 22.9 Å². The molecule has 0 amide bonds. The zero-order valence-electron chi connectivity index (χ0n) is 18.1. The van der Waals surface area contributed by atoms with Crippen molar-refractivity contribution in [3.8, 4) is 5.75 Å². The monoisotopic (exact) mass is 420 g/mol. The molecule has 158 valence electrons. The van der Waals surface area contributed by atoms with Gasteiger partial charge in [0.1, 0.15) is 24.2 Å². The molecule has 6 rings (SSSR count). The van der Waals surface area contributed by atoms with Crippen molar-refractivity contribution in [3.05, 3.63) is 113 Å². The Hall–Kier alpha value is -3.86. The summed E-state index contributed by atoms with van der Waals surface area (Å²) in [5.41, 5.74) is 8.09. The lowest BCUT2D eigenvalue weighted by atomic mass is 9.84. The second kappa shape index (κ2) is 7.38. The number of nitrogens with one attached hydrogen (secondary N) is 1. The number of anilines is 1. The molecule has 0 spiro atoms. The van der Waals surface area contributed by atoms with Crippen molar-refractivity contribution in [1.29, 1.82) is 0 Å². The lowest BCUT2D eigenvalue weighted by molar-refractivity contribution is 0.223. The van der Waals surface area contributed by atoms with Crippen LogP contribution in [0, 0.1) is 6.92 Å². The standard InChI is InChI=1S/C27H24N4O/c1-3-18-10-14-20(15-11-18)26-23-24(21-6-4-5-7-22(21)32-26)30-27-28-16-29-31(27)25(23)19-12-8-17(2)9-13-19/h4-16,25-26H,3H2,1-2H3,(H,28,29,30)/t25-,26-/m0/s1. The van der Waals surface area contributed by atoms with Gasteiger partial charge in [0.15, 0.2) is 0 Å². The highest BCUT2D eigenvalue weighted by Crippen LogP contribution is 2.50. The van der Waals surface area contributed by atoms with Crippen molar-refractivity contribution in [2.24, 2.45) is 0 Å². The maximum Gasteiger partial charge on any atom is 0.226 e. The fourth-order valence-electron chi connectivity index (χ4n) is 4.69. The lowest BCUT2D eigenvalue weighted by Gasteiger charge is -2.39. The third kappa shape index (κ3) is 2.93. The number of hydrogen-bond acceptors (Lipinski definition) is 4. The van der Waals surface area contributed by atoms with E-state index in [0.717, 1.165) is 46.1 Å². The van der Waals surface area contributed by atoms with E-state index in [-0.39, 0.29) is 12.1 Å². The summed E-state index contributed by atoms with van der Waals surface area (Å²) in [4.78, 5) is 4.50. The molecular weight excluding hydrogens is 396 g/mol. The molecule has 1 N–H and O–H groups in total. The maximum absolute atomic E-state index is 6.67. The number of aryl methyl sites for hydroxylation is 2. The van der Waals surface area contributed by atoms with Crippen molar-refractivity contribution < 1.29 is 4.74 Å². The Labute approximate surface area is 187 Å². The van der Waals surface area contributed by atoms with Gasteiger partial charge in [-0.2, -0.15) is 10.1 Å². The first-order chi connectivity index (χ1) is 15.7. The molecule has 3 heterocycles. The van der Waals surface area contributed by atoms with Crippen molar-refractivity contribution in [2.75, 3.05) is 5.32 Å². The van der Waals surface area contributed by atoms with Gasteiger partial charge in [0.2, 0.25) is 5.95 Å². The summed E-state index contributed by atoms with van der Waals surface area (Å²) in [6.45, 7) is 4.28. The second-order valence-corrected chi connectivity index (χ2v) is 8.39. The highest BCUT2D eigenvalue weighted by molar-refractivity contribution is 5.85. The fourth-order valence-corrected chi connectivity index (χ4v) is 4.69. The largest absolute Gasteiger partial charge is 0.480 e. The first-order valence-electron chi connectivity index (χ1n) is 11.0. The van der Waals surface area contributed by atoms with Gasteiger partial charge >= 0.3 is 0 Å². The number of fused-ring (bicyclic) bond motifs is 3. The summed E-state index contributed by atoms with van der Waals surface area (Å²) < 4.78 is 8.64. The van der Waals surface area contributed by atoms with Crippen molar-refractivity contribution in [3.63, 3.8) is 0 Å². The van der Waals surface area contributed by atoms with Crippen LogP contribution < -0.4 is 10.1 Å². The molecule has 1 aromatic heterocycles. The van der Waals surface area contributed by atoms with Gasteiger partial charge in [0.05, 0.1) is 5.70 Å². The molecule has 0 unspecified atom stereocenters. The van der Waals surface area contributed by atoms with Crippen LogP contribution in [-0.2, 0) is 6.42 Å². The van der Waals surface area contributed by atoms with E-state index in [9.17, 15) is 0 Å². The Morgan fingerprint density at radius 3 is 2.47 bits per heavy atom. The van der Waals surface area contributed by atoms with Crippen LogP contribution in [-0.4, -0.2) is 14.8 Å². The SMILES string of the molecule is CCc1ccc([C@@H]2Oc3ccccc3C3=C2[C@H](c2ccc(C)cc2)n2ncnc2N3)cc1. The average Bonchev–Trinajstić information content (AvgIpc) is 3.31. The Balaban J connectivity index is 1.60. The molecule has 0 saturated heterocycles. The van der Waals surface area contributed by atoms with Gasteiger partial charge < -0.3 is 10.1 Å². The van der Waals surface area contributed by atoms with Gasteiger partial charge in [-0.15, -0.1) is 0 Å². The number of nitrogens with zero attached hydrogens (tertiary/aromatic N) is 3. The predicted octanol–water partition coefficient (Wildman–Crippen LogP) is 5.71. The molecule has 32 heavy (non-hydrogen) atoms. The van der Waals surface area contributed by atoms with E-state index in [2.05, 4.69) is 83.8 Å². The molecule has 5 nitrogen and oxygen atoms in total. The Bertz CT molecular complexity index is 1320. The minimum absolute atomic E-state index is 0.117. The number of para-hydroxylation sites is 1. The summed E-state index contributed by atoms with van der Waals surface area (Å²) >= 11 is 0. The quantitative estimate of drug-likeness (QED) is 0.461. The Morgan fingerprint density at radius 2 is 1.69 bits per heavy atom. The van der Waals surface area contributed by atoms with Crippen molar-refractivity contribution in [2.45, 2.75) is 32.4 Å². The van der Waals surface area contributed by atoms with Crippen LogP contribution in [0.25, 0.3) is 5.70 Å². The molecule has 0 fully saturated rings. The lowest BCUT2D eigenvalue weighted by Crippen LogP contribution is -2.32. The smallest absolute Gasteiger partial charge is 0.226 e. The molecular formula is C27H24N4O. The fraction of sp³-hybridized carbons (Fsp3) is 0.185. The summed E-state index contributed by atoms with van der Waals surface area (Å²) in [5, 5.41) is 8.15. The van der Waals surface area contributed by atoms with Gasteiger partial charge in [-0.05, 0) is 42.2 Å². The third-order valence-electron chi connectivity index (χ3n) is 6.41. The van der Waals surface area contributed by atoms with Crippen LogP contribution in [0.15, 0.2) is 84.7 Å². The van der Waals surface area contributed by atoms with E-state index < -0.39 is 0 Å². The summed E-state index contributed by atoms with van der Waals surface area (Å²) in [6, 6.07) is 25.5. The van der Waals surface area contributed by atoms with Crippen LogP contribution in [0.5, 0.6) is 5.75 Å². The van der Waals surface area contributed by atoms with Gasteiger partial charge in [0, 0.05) is 11.1 Å². The molecule has 0 radical (unpaired) electrons. The van der Waals surface area contributed by atoms with Gasteiger partial charge in [-0.3, -0.25) is 0 Å². The first kappa shape index (κ1) is 18.9. The number of benzene rings is 3. The molecule has 0 saturated carbocycles. The first-order valence-corrected chi connectivity index (χ1v) is 11.0. The van der Waals surface area contributed by atoms with Crippen molar-refractivity contribution >= 4 is 11.6 Å². The van der Waals surface area contributed by atoms with Crippen LogP contribution >= 0.6 is 0 Å². The second-order valence-electron chi connectivity index (χ2n) is 8.39. The molecule has 0 bridgehead atoms. The molecule has 5 heteroatoms. The van der Waals surface area contributed by atoms with E-state index in [1.54, 1.807) is 6.33 Å². The van der Waals surface area contributed by atoms with Crippen LogP contribution in [0.3, 0.4) is 0 Å². The van der Waals surface area contributed by atoms with Gasteiger partial charge in [-0.1, -0.05) is 73.2 Å². The van der Waals surface area contributed by atoms with Crippen LogP contribution in [0.1, 0.15) is 46.9 Å². The van der Waals surface area contributed by atoms with Crippen LogP contribution in [0.2, 0.25) is 0 Å². The van der Waals surface area contributed by atoms with Gasteiger partial charge in [0.25, 0.3) is 0 Å². The predicted molar refractivity (Wildman–Crippen MR) is 126 cm³/mol.